The smallest absolute Gasteiger partial charge is 0.116 e. The molecule has 1 N–H and O–H groups in total. The number of aromatic hydroxyl groups is 1. The maximum absolute atomic E-state index is 9.48. The van der Waals surface area contributed by atoms with Crippen molar-refractivity contribution in [1.82, 2.24) is 4.98 Å². The zero-order chi connectivity index (χ0) is 14.7. The van der Waals surface area contributed by atoms with Gasteiger partial charge in [0.25, 0.3) is 0 Å². The summed E-state index contributed by atoms with van der Waals surface area (Å²) in [4.78, 5) is 4.51. The molecule has 0 bridgehead atoms. The van der Waals surface area contributed by atoms with E-state index < -0.39 is 0 Å². The zero-order valence-electron chi connectivity index (χ0n) is 11.2. The van der Waals surface area contributed by atoms with Gasteiger partial charge < -0.3 is 5.11 Å². The standard InChI is InChI=1S/C18H12N2O/c19-12-15(10-13-4-3-6-16(21)11-13)18-9-8-14-5-1-2-7-17(14)20-18/h1-11,21H/b15-10-. The number of phenolic OH excluding ortho intramolecular Hbond substituents is 1. The van der Waals surface area contributed by atoms with E-state index in [1.54, 1.807) is 24.3 Å². The Bertz CT molecular complexity index is 876. The Balaban J connectivity index is 2.08. The first-order valence-corrected chi connectivity index (χ1v) is 6.53. The van der Waals surface area contributed by atoms with E-state index in [9.17, 15) is 10.4 Å². The number of para-hydroxylation sites is 1. The SMILES string of the molecule is N#C/C(=C/c1cccc(O)c1)c1ccc2ccccc2n1. The van der Waals surface area contributed by atoms with E-state index >= 15 is 0 Å². The number of hydrogen-bond acceptors (Lipinski definition) is 3. The molecule has 0 aliphatic carbocycles. The molecule has 0 atom stereocenters. The number of nitrogens with zero attached hydrogens (tertiary/aromatic N) is 2. The van der Waals surface area contributed by atoms with E-state index in [2.05, 4.69) is 11.1 Å². The summed E-state index contributed by atoms with van der Waals surface area (Å²) in [5, 5.41) is 19.9. The highest BCUT2D eigenvalue weighted by molar-refractivity contribution is 5.90. The first kappa shape index (κ1) is 12.9. The summed E-state index contributed by atoms with van der Waals surface area (Å²) in [5.74, 6) is 0.174. The van der Waals surface area contributed by atoms with Crippen molar-refractivity contribution < 1.29 is 5.11 Å². The van der Waals surface area contributed by atoms with Crippen molar-refractivity contribution in [3.63, 3.8) is 0 Å². The van der Waals surface area contributed by atoms with Crippen LogP contribution in [0.2, 0.25) is 0 Å². The largest absolute Gasteiger partial charge is 0.508 e. The minimum absolute atomic E-state index is 0.174. The number of fused-ring (bicyclic) bond motifs is 1. The first-order chi connectivity index (χ1) is 10.3. The fraction of sp³-hybridized carbons (Fsp3) is 0. The molecule has 0 unspecified atom stereocenters. The van der Waals surface area contributed by atoms with Gasteiger partial charge in [-0.05, 0) is 35.9 Å². The molecule has 1 aromatic heterocycles. The van der Waals surface area contributed by atoms with Crippen LogP contribution in [-0.4, -0.2) is 10.1 Å². The highest BCUT2D eigenvalue weighted by Crippen LogP contribution is 2.21. The van der Waals surface area contributed by atoms with Gasteiger partial charge in [0, 0.05) is 5.39 Å². The van der Waals surface area contributed by atoms with Crippen molar-refractivity contribution in [3.05, 3.63) is 71.9 Å². The molecule has 0 saturated heterocycles. The Morgan fingerprint density at radius 3 is 2.71 bits per heavy atom. The maximum Gasteiger partial charge on any atom is 0.116 e. The predicted molar refractivity (Wildman–Crippen MR) is 83.3 cm³/mol. The number of hydrogen-bond donors (Lipinski definition) is 1. The summed E-state index contributed by atoms with van der Waals surface area (Å²) in [6.45, 7) is 0. The molecule has 100 valence electrons. The first-order valence-electron chi connectivity index (χ1n) is 6.53. The third-order valence-electron chi connectivity index (χ3n) is 3.18. The molecule has 0 aliphatic heterocycles. The summed E-state index contributed by atoms with van der Waals surface area (Å²) in [7, 11) is 0. The highest BCUT2D eigenvalue weighted by atomic mass is 16.3. The normalized spacial score (nSPS) is 11.3. The van der Waals surface area contributed by atoms with Crippen LogP contribution in [0.15, 0.2) is 60.7 Å². The number of nitriles is 1. The van der Waals surface area contributed by atoms with Gasteiger partial charge >= 0.3 is 0 Å². The van der Waals surface area contributed by atoms with Gasteiger partial charge in [0.1, 0.15) is 11.8 Å². The highest BCUT2D eigenvalue weighted by Gasteiger charge is 2.04. The third kappa shape index (κ3) is 2.75. The fourth-order valence-electron chi connectivity index (χ4n) is 2.16. The van der Waals surface area contributed by atoms with Crippen LogP contribution in [0.1, 0.15) is 11.3 Å². The predicted octanol–water partition coefficient (Wildman–Crippen LogP) is 4.00. The Hall–Kier alpha value is -3.12. The van der Waals surface area contributed by atoms with E-state index in [-0.39, 0.29) is 5.75 Å². The molecular formula is C18H12N2O. The van der Waals surface area contributed by atoms with Crippen LogP contribution >= 0.6 is 0 Å². The lowest BCUT2D eigenvalue weighted by Crippen LogP contribution is -1.88. The molecule has 1 heterocycles. The number of allylic oxidation sites excluding steroid dienone is 1. The molecule has 21 heavy (non-hydrogen) atoms. The number of benzene rings is 2. The second-order valence-electron chi connectivity index (χ2n) is 4.65. The Morgan fingerprint density at radius 2 is 1.90 bits per heavy atom. The molecule has 3 aromatic rings. The lowest BCUT2D eigenvalue weighted by Gasteiger charge is -2.02. The van der Waals surface area contributed by atoms with Crippen molar-refractivity contribution in [1.29, 1.82) is 5.26 Å². The van der Waals surface area contributed by atoms with Gasteiger partial charge in [-0.25, -0.2) is 4.98 Å². The number of aromatic nitrogens is 1. The average molecular weight is 272 g/mol. The van der Waals surface area contributed by atoms with Gasteiger partial charge in [-0.1, -0.05) is 36.4 Å². The van der Waals surface area contributed by atoms with Crippen LogP contribution in [0.4, 0.5) is 0 Å². The van der Waals surface area contributed by atoms with Crippen LogP contribution in [-0.2, 0) is 0 Å². The Morgan fingerprint density at radius 1 is 1.05 bits per heavy atom. The Labute approximate surface area is 122 Å². The van der Waals surface area contributed by atoms with Crippen molar-refractivity contribution >= 4 is 22.6 Å². The molecule has 0 spiro atoms. The van der Waals surface area contributed by atoms with Crippen LogP contribution in [0, 0.1) is 11.3 Å². The van der Waals surface area contributed by atoms with Crippen molar-refractivity contribution in [2.45, 2.75) is 0 Å². The topological polar surface area (TPSA) is 56.9 Å². The number of phenols is 1. The molecule has 0 saturated carbocycles. The zero-order valence-corrected chi connectivity index (χ0v) is 11.2. The third-order valence-corrected chi connectivity index (χ3v) is 3.18. The molecule has 0 radical (unpaired) electrons. The quantitative estimate of drug-likeness (QED) is 0.717. The van der Waals surface area contributed by atoms with Crippen LogP contribution in [0.3, 0.4) is 0 Å². The van der Waals surface area contributed by atoms with E-state index in [1.165, 1.54) is 0 Å². The molecular weight excluding hydrogens is 260 g/mol. The number of rotatable bonds is 2. The summed E-state index contributed by atoms with van der Waals surface area (Å²) in [5.41, 5.74) is 2.71. The average Bonchev–Trinajstić information content (AvgIpc) is 2.52. The summed E-state index contributed by atoms with van der Waals surface area (Å²) in [6.07, 6.45) is 1.72. The van der Waals surface area contributed by atoms with Gasteiger partial charge in [-0.15, -0.1) is 0 Å². The summed E-state index contributed by atoms with van der Waals surface area (Å²) < 4.78 is 0. The molecule has 0 amide bonds. The molecule has 3 heteroatoms. The maximum atomic E-state index is 9.48. The molecule has 3 rings (SSSR count). The fourth-order valence-corrected chi connectivity index (χ4v) is 2.16. The molecule has 3 nitrogen and oxygen atoms in total. The summed E-state index contributed by atoms with van der Waals surface area (Å²) in [6, 6.07) is 20.5. The van der Waals surface area contributed by atoms with Crippen LogP contribution < -0.4 is 0 Å². The lowest BCUT2D eigenvalue weighted by molar-refractivity contribution is 0.475. The minimum Gasteiger partial charge on any atom is -0.508 e. The second-order valence-corrected chi connectivity index (χ2v) is 4.65. The van der Waals surface area contributed by atoms with Crippen LogP contribution in [0.5, 0.6) is 5.75 Å². The Kier molecular flexibility index (Phi) is 3.36. The molecule has 0 fully saturated rings. The van der Waals surface area contributed by atoms with Gasteiger partial charge in [0.05, 0.1) is 16.8 Å². The van der Waals surface area contributed by atoms with Crippen molar-refractivity contribution in [3.8, 4) is 11.8 Å². The summed E-state index contributed by atoms with van der Waals surface area (Å²) >= 11 is 0. The molecule has 2 aromatic carbocycles. The van der Waals surface area contributed by atoms with Crippen molar-refractivity contribution in [2.24, 2.45) is 0 Å². The van der Waals surface area contributed by atoms with E-state index in [4.69, 9.17) is 0 Å². The second kappa shape index (κ2) is 5.48. The van der Waals surface area contributed by atoms with Gasteiger partial charge in [0.2, 0.25) is 0 Å². The minimum atomic E-state index is 0.174. The van der Waals surface area contributed by atoms with Gasteiger partial charge in [-0.3, -0.25) is 0 Å². The van der Waals surface area contributed by atoms with E-state index in [0.29, 0.717) is 11.3 Å². The van der Waals surface area contributed by atoms with Crippen LogP contribution in [0.25, 0.3) is 22.6 Å². The van der Waals surface area contributed by atoms with Crippen molar-refractivity contribution in [2.75, 3.05) is 0 Å². The lowest BCUT2D eigenvalue weighted by atomic mass is 10.1. The molecule has 0 aliphatic rings. The van der Waals surface area contributed by atoms with Gasteiger partial charge in [-0.2, -0.15) is 5.26 Å². The number of pyridine rings is 1. The van der Waals surface area contributed by atoms with Gasteiger partial charge in [0.15, 0.2) is 0 Å². The monoisotopic (exact) mass is 272 g/mol. The van der Waals surface area contributed by atoms with E-state index in [1.807, 2.05) is 42.5 Å². The van der Waals surface area contributed by atoms with E-state index in [0.717, 1.165) is 16.5 Å².